The third kappa shape index (κ3) is 5.30. The molecule has 4 N–H and O–H groups in total. The summed E-state index contributed by atoms with van der Waals surface area (Å²) >= 11 is 6.14. The molecule has 192 valence electrons. The number of aliphatic carboxylic acids is 1. The number of carboxylic acid groups (broad SMARTS) is 1. The summed E-state index contributed by atoms with van der Waals surface area (Å²) in [4.78, 5) is 24.0. The second-order valence-electron chi connectivity index (χ2n) is 8.70. The summed E-state index contributed by atoms with van der Waals surface area (Å²) in [6.45, 7) is 1.40. The minimum absolute atomic E-state index is 0.0267. The van der Waals surface area contributed by atoms with Crippen molar-refractivity contribution in [3.63, 3.8) is 0 Å². The third-order valence-corrected chi connectivity index (χ3v) is 7.95. The molecule has 4 aromatic rings. The highest BCUT2D eigenvalue weighted by Gasteiger charge is 2.34. The van der Waals surface area contributed by atoms with Gasteiger partial charge in [0.1, 0.15) is 17.3 Å². The first kappa shape index (κ1) is 25.2. The second-order valence-corrected chi connectivity index (χ2v) is 10.7. The lowest BCUT2D eigenvalue weighted by atomic mass is 10.1. The van der Waals surface area contributed by atoms with E-state index in [0.29, 0.717) is 23.3 Å². The van der Waals surface area contributed by atoms with Crippen LogP contribution in [-0.2, 0) is 13.9 Å². The SMILES string of the molecule is C[C@H](NP(=O)(OC[C@@H]1C=C[C@H](n2cnc3c(Cl)nc(N)nc32)C1)Oc1cccc2ccccc12)C(=O)O. The molecule has 0 bridgehead atoms. The molecule has 13 heteroatoms. The Morgan fingerprint density at radius 3 is 2.86 bits per heavy atom. The average Bonchev–Trinajstić information content (AvgIpc) is 3.50. The van der Waals surface area contributed by atoms with Crippen LogP contribution in [0.25, 0.3) is 21.9 Å². The maximum absolute atomic E-state index is 13.8. The molecule has 11 nitrogen and oxygen atoms in total. The van der Waals surface area contributed by atoms with Gasteiger partial charge < -0.3 is 19.9 Å². The van der Waals surface area contributed by atoms with Gasteiger partial charge in [-0.25, -0.2) is 9.55 Å². The molecule has 5 rings (SSSR count). The topological polar surface area (TPSA) is 154 Å². The van der Waals surface area contributed by atoms with Crippen LogP contribution < -0.4 is 15.3 Å². The molecular weight excluding hydrogens is 519 g/mol. The van der Waals surface area contributed by atoms with Crippen molar-refractivity contribution in [2.24, 2.45) is 5.92 Å². The van der Waals surface area contributed by atoms with Gasteiger partial charge in [0.15, 0.2) is 10.8 Å². The number of halogens is 1. The van der Waals surface area contributed by atoms with Crippen LogP contribution in [0.1, 0.15) is 19.4 Å². The zero-order valence-electron chi connectivity index (χ0n) is 19.7. The Hall–Kier alpha value is -3.50. The summed E-state index contributed by atoms with van der Waals surface area (Å²) in [5, 5.41) is 13.7. The first-order valence-corrected chi connectivity index (χ1v) is 13.4. The van der Waals surface area contributed by atoms with E-state index in [1.165, 1.54) is 6.92 Å². The number of aromatic nitrogens is 4. The molecule has 0 radical (unpaired) electrons. The Balaban J connectivity index is 1.33. The number of imidazole rings is 1. The van der Waals surface area contributed by atoms with Crippen LogP contribution >= 0.6 is 19.3 Å². The number of rotatable bonds is 9. The first-order chi connectivity index (χ1) is 17.7. The van der Waals surface area contributed by atoms with Gasteiger partial charge in [-0.05, 0) is 24.8 Å². The van der Waals surface area contributed by atoms with Gasteiger partial charge in [-0.3, -0.25) is 9.32 Å². The second kappa shape index (κ2) is 10.1. The zero-order chi connectivity index (χ0) is 26.2. The molecule has 2 heterocycles. The number of nitrogens with two attached hydrogens (primary N) is 1. The summed E-state index contributed by atoms with van der Waals surface area (Å²) < 4.78 is 27.2. The summed E-state index contributed by atoms with van der Waals surface area (Å²) in [6.07, 6.45) is 6.11. The van der Waals surface area contributed by atoms with Crippen molar-refractivity contribution >= 4 is 53.2 Å². The van der Waals surface area contributed by atoms with E-state index in [2.05, 4.69) is 20.0 Å². The smallest absolute Gasteiger partial charge is 0.459 e. The number of carbonyl (C=O) groups is 1. The fourth-order valence-electron chi connectivity index (χ4n) is 4.20. The normalized spacial score (nSPS) is 19.7. The Kier molecular flexibility index (Phi) is 6.87. The number of nitrogens with zero attached hydrogens (tertiary/aromatic N) is 4. The van der Waals surface area contributed by atoms with Gasteiger partial charge in [0.05, 0.1) is 19.0 Å². The molecule has 0 saturated heterocycles. The molecule has 1 aliphatic carbocycles. The predicted octanol–water partition coefficient (Wildman–Crippen LogP) is 4.60. The standard InChI is InChI=1S/C24H24ClN6O5P/c1-14(23(32)33)30-37(34,36-19-8-4-6-16-5-2-3-7-18(16)19)35-12-15-9-10-17(11-15)31-13-27-20-21(25)28-24(26)29-22(20)31/h2-10,13-15,17H,11-12H2,1H3,(H,30,34)(H,32,33)(H2,26,28,29)/t14-,15+,17-,37?/m0/s1. The van der Waals surface area contributed by atoms with Crippen molar-refractivity contribution in [3.05, 3.63) is 66.1 Å². The van der Waals surface area contributed by atoms with E-state index >= 15 is 0 Å². The fraction of sp³-hybridized carbons (Fsp3) is 0.250. The molecule has 0 aliphatic heterocycles. The molecule has 1 aliphatic rings. The van der Waals surface area contributed by atoms with Gasteiger partial charge in [0.2, 0.25) is 5.95 Å². The number of anilines is 1. The van der Waals surface area contributed by atoms with Crippen molar-refractivity contribution in [1.29, 1.82) is 0 Å². The minimum Gasteiger partial charge on any atom is -0.480 e. The van der Waals surface area contributed by atoms with Crippen LogP contribution in [0.3, 0.4) is 0 Å². The molecule has 0 amide bonds. The number of carboxylic acids is 1. The lowest BCUT2D eigenvalue weighted by Crippen LogP contribution is -2.33. The fourth-order valence-corrected chi connectivity index (χ4v) is 5.99. The maximum Gasteiger partial charge on any atom is 0.459 e. The molecule has 37 heavy (non-hydrogen) atoms. The minimum atomic E-state index is -4.08. The Morgan fingerprint density at radius 1 is 1.27 bits per heavy atom. The van der Waals surface area contributed by atoms with E-state index in [1.807, 2.05) is 47.1 Å². The predicted molar refractivity (Wildman–Crippen MR) is 139 cm³/mol. The van der Waals surface area contributed by atoms with Gasteiger partial charge >= 0.3 is 13.7 Å². The Bertz CT molecular complexity index is 1550. The van der Waals surface area contributed by atoms with Crippen molar-refractivity contribution in [1.82, 2.24) is 24.6 Å². The highest BCUT2D eigenvalue weighted by Crippen LogP contribution is 2.47. The monoisotopic (exact) mass is 542 g/mol. The number of hydrogen-bond donors (Lipinski definition) is 3. The molecule has 2 aromatic carbocycles. The lowest BCUT2D eigenvalue weighted by Gasteiger charge is -2.24. The summed E-state index contributed by atoms with van der Waals surface area (Å²) in [5.74, 6) is -0.946. The molecule has 0 fully saturated rings. The molecule has 0 saturated carbocycles. The molecule has 1 unspecified atom stereocenters. The highest BCUT2D eigenvalue weighted by atomic mass is 35.5. The Morgan fingerprint density at radius 2 is 2.05 bits per heavy atom. The van der Waals surface area contributed by atoms with E-state index in [1.54, 1.807) is 18.5 Å². The van der Waals surface area contributed by atoms with Crippen LogP contribution in [0.15, 0.2) is 60.9 Å². The van der Waals surface area contributed by atoms with Gasteiger partial charge in [0.25, 0.3) is 0 Å². The maximum atomic E-state index is 13.8. The Labute approximate surface area is 216 Å². The zero-order valence-corrected chi connectivity index (χ0v) is 21.3. The van der Waals surface area contributed by atoms with E-state index in [-0.39, 0.29) is 29.7 Å². The summed E-state index contributed by atoms with van der Waals surface area (Å²) in [6, 6.07) is 11.5. The lowest BCUT2D eigenvalue weighted by molar-refractivity contribution is -0.138. The summed E-state index contributed by atoms with van der Waals surface area (Å²) in [5.41, 5.74) is 6.71. The first-order valence-electron chi connectivity index (χ1n) is 11.5. The van der Waals surface area contributed by atoms with Gasteiger partial charge in [-0.1, -0.05) is 60.2 Å². The number of hydrogen-bond acceptors (Lipinski definition) is 8. The van der Waals surface area contributed by atoms with Gasteiger partial charge in [-0.15, -0.1) is 0 Å². The van der Waals surface area contributed by atoms with Crippen LogP contribution in [-0.4, -0.2) is 43.2 Å². The van der Waals surface area contributed by atoms with E-state index in [4.69, 9.17) is 26.4 Å². The number of benzene rings is 2. The summed E-state index contributed by atoms with van der Waals surface area (Å²) in [7, 11) is -4.08. The molecule has 0 spiro atoms. The van der Waals surface area contributed by atoms with E-state index in [9.17, 15) is 14.5 Å². The quantitative estimate of drug-likeness (QED) is 0.155. The van der Waals surface area contributed by atoms with Gasteiger partial charge in [0, 0.05) is 11.3 Å². The van der Waals surface area contributed by atoms with Crippen molar-refractivity contribution in [2.75, 3.05) is 12.3 Å². The molecule has 2 aromatic heterocycles. The van der Waals surface area contributed by atoms with Crippen molar-refractivity contribution in [2.45, 2.75) is 25.4 Å². The number of nitrogen functional groups attached to an aromatic ring is 1. The number of fused-ring (bicyclic) bond motifs is 2. The largest absolute Gasteiger partial charge is 0.480 e. The van der Waals surface area contributed by atoms with Gasteiger partial charge in [-0.2, -0.15) is 15.1 Å². The third-order valence-electron chi connectivity index (χ3n) is 6.05. The van der Waals surface area contributed by atoms with Crippen molar-refractivity contribution < 1.29 is 23.5 Å². The van der Waals surface area contributed by atoms with Crippen LogP contribution in [0, 0.1) is 5.92 Å². The highest BCUT2D eigenvalue weighted by molar-refractivity contribution is 7.52. The van der Waals surface area contributed by atoms with Crippen molar-refractivity contribution in [3.8, 4) is 5.75 Å². The van der Waals surface area contributed by atoms with Crippen LogP contribution in [0.4, 0.5) is 5.95 Å². The van der Waals surface area contributed by atoms with E-state index in [0.717, 1.165) is 10.8 Å². The van der Waals surface area contributed by atoms with Crippen LogP contribution in [0.5, 0.6) is 5.75 Å². The molecule has 4 atom stereocenters. The average molecular weight is 543 g/mol. The number of nitrogens with one attached hydrogen (secondary N) is 1. The molecular formula is C24H24ClN6O5P. The van der Waals surface area contributed by atoms with Crippen LogP contribution in [0.2, 0.25) is 5.15 Å². The van der Waals surface area contributed by atoms with E-state index < -0.39 is 19.8 Å². The number of allylic oxidation sites excluding steroid dienone is 1.